The minimum Gasteiger partial charge on any atom is -0.198 e. The van der Waals surface area contributed by atoms with Gasteiger partial charge >= 0.3 is 6.18 Å². The van der Waals surface area contributed by atoms with Gasteiger partial charge in [-0.2, -0.15) is 18.4 Å². The number of benzene rings is 2. The summed E-state index contributed by atoms with van der Waals surface area (Å²) in [6.07, 6.45) is -4.28. The average molecular weight is 328 g/mol. The van der Waals surface area contributed by atoms with Gasteiger partial charge in [-0.15, -0.1) is 0 Å². The number of nitriles is 1. The molecule has 0 N–H and O–H groups in total. The van der Waals surface area contributed by atoms with E-state index in [0.717, 1.165) is 16.5 Å². The molecule has 21 heavy (non-hydrogen) atoms. The fourth-order valence-electron chi connectivity index (χ4n) is 1.75. The maximum Gasteiger partial charge on any atom is 0.417 e. The highest BCUT2D eigenvalue weighted by molar-refractivity contribution is 7.99. The van der Waals surface area contributed by atoms with Crippen LogP contribution in [0.25, 0.3) is 0 Å². The van der Waals surface area contributed by atoms with Gasteiger partial charge in [0, 0.05) is 9.79 Å². The zero-order valence-electron chi connectivity index (χ0n) is 10.6. The molecular formula is C15H9ClF3NS. The van der Waals surface area contributed by atoms with Crippen molar-refractivity contribution in [1.29, 1.82) is 5.26 Å². The Hall–Kier alpha value is -1.64. The summed E-state index contributed by atoms with van der Waals surface area (Å²) in [4.78, 5) is 1.19. The molecule has 2 rings (SSSR count). The number of hydrogen-bond donors (Lipinski definition) is 0. The van der Waals surface area contributed by atoms with Gasteiger partial charge < -0.3 is 0 Å². The molecule has 0 saturated heterocycles. The average Bonchev–Trinajstić information content (AvgIpc) is 2.42. The van der Waals surface area contributed by atoms with E-state index in [2.05, 4.69) is 0 Å². The lowest BCUT2D eigenvalue weighted by atomic mass is 10.2. The highest BCUT2D eigenvalue weighted by atomic mass is 35.5. The van der Waals surface area contributed by atoms with Gasteiger partial charge in [-0.3, -0.25) is 0 Å². The van der Waals surface area contributed by atoms with E-state index in [9.17, 15) is 13.2 Å². The molecule has 2 aromatic rings. The number of hydrogen-bond acceptors (Lipinski definition) is 2. The molecule has 0 aromatic heterocycles. The second-order valence-electron chi connectivity index (χ2n) is 4.18. The first-order valence-corrected chi connectivity index (χ1v) is 7.10. The molecule has 0 bridgehead atoms. The molecule has 0 atom stereocenters. The third-order valence-electron chi connectivity index (χ3n) is 2.71. The van der Waals surface area contributed by atoms with E-state index in [1.54, 1.807) is 24.3 Å². The Morgan fingerprint density at radius 2 is 1.86 bits per heavy atom. The molecule has 0 amide bonds. The standard InChI is InChI=1S/C15H9ClF3NS/c16-13-6-5-11(9-12(13)15(17,18)19)21-14-4-2-1-3-10(14)7-8-20/h1-6,9H,7H2. The molecule has 0 aliphatic carbocycles. The smallest absolute Gasteiger partial charge is 0.198 e. The van der Waals surface area contributed by atoms with E-state index in [0.29, 0.717) is 4.90 Å². The van der Waals surface area contributed by atoms with Crippen LogP contribution in [-0.4, -0.2) is 0 Å². The van der Waals surface area contributed by atoms with Crippen LogP contribution in [0.2, 0.25) is 5.02 Å². The third-order valence-corrected chi connectivity index (χ3v) is 4.15. The Kier molecular flexibility index (Phi) is 4.81. The zero-order chi connectivity index (χ0) is 15.5. The fraction of sp³-hybridized carbons (Fsp3) is 0.133. The normalized spacial score (nSPS) is 11.2. The van der Waals surface area contributed by atoms with Crippen molar-refractivity contribution in [3.05, 3.63) is 58.6 Å². The van der Waals surface area contributed by atoms with E-state index < -0.39 is 11.7 Å². The monoisotopic (exact) mass is 327 g/mol. The molecule has 108 valence electrons. The number of alkyl halides is 3. The second-order valence-corrected chi connectivity index (χ2v) is 5.71. The predicted molar refractivity (Wildman–Crippen MR) is 76.3 cm³/mol. The predicted octanol–water partition coefficient (Wildman–Crippen LogP) is 5.58. The van der Waals surface area contributed by atoms with Gasteiger partial charge in [0.1, 0.15) is 0 Å². The molecule has 0 unspecified atom stereocenters. The van der Waals surface area contributed by atoms with Gasteiger partial charge in [0.2, 0.25) is 0 Å². The number of halogens is 4. The van der Waals surface area contributed by atoms with Crippen LogP contribution in [0.3, 0.4) is 0 Å². The van der Waals surface area contributed by atoms with Crippen molar-refractivity contribution in [3.63, 3.8) is 0 Å². The van der Waals surface area contributed by atoms with Gasteiger partial charge in [0.25, 0.3) is 0 Å². The Labute approximate surface area is 129 Å². The lowest BCUT2D eigenvalue weighted by molar-refractivity contribution is -0.137. The minimum atomic E-state index is -4.49. The van der Waals surface area contributed by atoms with Gasteiger partial charge in [-0.1, -0.05) is 41.6 Å². The van der Waals surface area contributed by atoms with Crippen molar-refractivity contribution in [2.75, 3.05) is 0 Å². The van der Waals surface area contributed by atoms with Crippen LogP contribution >= 0.6 is 23.4 Å². The highest BCUT2D eigenvalue weighted by Crippen LogP contribution is 2.39. The summed E-state index contributed by atoms with van der Waals surface area (Å²) < 4.78 is 38.5. The first kappa shape index (κ1) is 15.7. The third kappa shape index (κ3) is 3.93. The van der Waals surface area contributed by atoms with E-state index in [1.807, 2.05) is 6.07 Å². The summed E-state index contributed by atoms with van der Waals surface area (Å²) in [5.41, 5.74) is -0.0690. The second kappa shape index (κ2) is 6.42. The van der Waals surface area contributed by atoms with Crippen molar-refractivity contribution < 1.29 is 13.2 Å². The van der Waals surface area contributed by atoms with E-state index in [-0.39, 0.29) is 11.4 Å². The van der Waals surface area contributed by atoms with Gasteiger partial charge in [-0.25, -0.2) is 0 Å². The van der Waals surface area contributed by atoms with Crippen molar-refractivity contribution in [1.82, 2.24) is 0 Å². The Balaban J connectivity index is 2.35. The molecular weight excluding hydrogens is 319 g/mol. The number of rotatable bonds is 3. The molecule has 0 spiro atoms. The Morgan fingerprint density at radius 3 is 2.52 bits per heavy atom. The van der Waals surface area contributed by atoms with Gasteiger partial charge in [0.05, 0.1) is 23.1 Å². The van der Waals surface area contributed by atoms with Crippen molar-refractivity contribution in [2.45, 2.75) is 22.4 Å². The minimum absolute atomic E-state index is 0.211. The molecule has 6 heteroatoms. The van der Waals surface area contributed by atoms with Crippen LogP contribution < -0.4 is 0 Å². The largest absolute Gasteiger partial charge is 0.417 e. The van der Waals surface area contributed by atoms with Gasteiger partial charge in [0.15, 0.2) is 0 Å². The molecule has 0 aliphatic heterocycles. The van der Waals surface area contributed by atoms with Crippen molar-refractivity contribution in [3.8, 4) is 6.07 Å². The number of nitrogens with zero attached hydrogens (tertiary/aromatic N) is 1. The van der Waals surface area contributed by atoms with E-state index in [4.69, 9.17) is 16.9 Å². The molecule has 0 aliphatic rings. The summed E-state index contributed by atoms with van der Waals surface area (Å²) in [5.74, 6) is 0. The van der Waals surface area contributed by atoms with Crippen LogP contribution in [-0.2, 0) is 12.6 Å². The van der Waals surface area contributed by atoms with Crippen LogP contribution in [0.4, 0.5) is 13.2 Å². The van der Waals surface area contributed by atoms with Crippen LogP contribution in [0.5, 0.6) is 0 Å². The maximum atomic E-state index is 12.8. The molecule has 0 heterocycles. The summed E-state index contributed by atoms with van der Waals surface area (Å²) in [6.45, 7) is 0. The summed E-state index contributed by atoms with van der Waals surface area (Å²) in [6, 6.07) is 13.0. The Morgan fingerprint density at radius 1 is 1.14 bits per heavy atom. The molecule has 2 aromatic carbocycles. The molecule has 0 saturated carbocycles. The van der Waals surface area contributed by atoms with Crippen molar-refractivity contribution >= 4 is 23.4 Å². The summed E-state index contributed by atoms with van der Waals surface area (Å²) in [7, 11) is 0. The van der Waals surface area contributed by atoms with Crippen molar-refractivity contribution in [2.24, 2.45) is 0 Å². The summed E-state index contributed by atoms with van der Waals surface area (Å²) in [5, 5.41) is 8.45. The van der Waals surface area contributed by atoms with Crippen LogP contribution in [0.1, 0.15) is 11.1 Å². The molecule has 0 radical (unpaired) electrons. The lowest BCUT2D eigenvalue weighted by Crippen LogP contribution is -2.05. The topological polar surface area (TPSA) is 23.8 Å². The molecule has 1 nitrogen and oxygen atoms in total. The fourth-order valence-corrected chi connectivity index (χ4v) is 2.96. The SMILES string of the molecule is N#CCc1ccccc1Sc1ccc(Cl)c(C(F)(F)F)c1. The lowest BCUT2D eigenvalue weighted by Gasteiger charge is -2.11. The summed E-state index contributed by atoms with van der Waals surface area (Å²) >= 11 is 6.78. The zero-order valence-corrected chi connectivity index (χ0v) is 12.2. The first-order valence-electron chi connectivity index (χ1n) is 5.91. The van der Waals surface area contributed by atoms with Crippen LogP contribution in [0.15, 0.2) is 52.3 Å². The quantitative estimate of drug-likeness (QED) is 0.735. The molecule has 0 fully saturated rings. The van der Waals surface area contributed by atoms with E-state index in [1.165, 1.54) is 23.9 Å². The first-order chi connectivity index (χ1) is 9.91. The maximum absolute atomic E-state index is 12.8. The van der Waals surface area contributed by atoms with Crippen LogP contribution in [0, 0.1) is 11.3 Å². The van der Waals surface area contributed by atoms with Gasteiger partial charge in [-0.05, 0) is 29.8 Å². The van der Waals surface area contributed by atoms with E-state index >= 15 is 0 Å². The Bertz CT molecular complexity index is 692. The highest BCUT2D eigenvalue weighted by Gasteiger charge is 2.33.